The lowest BCUT2D eigenvalue weighted by atomic mass is 9.84. The summed E-state index contributed by atoms with van der Waals surface area (Å²) in [4.78, 5) is 43.7. The van der Waals surface area contributed by atoms with Gasteiger partial charge in [0, 0.05) is 11.5 Å². The van der Waals surface area contributed by atoms with Crippen LogP contribution in [0.5, 0.6) is 0 Å². The van der Waals surface area contributed by atoms with E-state index in [9.17, 15) is 41.4 Å². The molecule has 5 unspecified atom stereocenters. The van der Waals surface area contributed by atoms with E-state index in [1.165, 1.54) is 30.5 Å². The fraction of sp³-hybridized carbons (Fsp3) is 0.463. The van der Waals surface area contributed by atoms with E-state index in [2.05, 4.69) is 22.2 Å². The van der Waals surface area contributed by atoms with Crippen LogP contribution in [0.2, 0.25) is 0 Å². The lowest BCUT2D eigenvalue weighted by Crippen LogP contribution is -3.22. The molecule has 0 bridgehead atoms. The van der Waals surface area contributed by atoms with Crippen LogP contribution in [0.4, 0.5) is 41.6 Å². The first kappa shape index (κ1) is 47.4. The molecule has 5 atom stereocenters. The van der Waals surface area contributed by atoms with Gasteiger partial charge in [-0.15, -0.1) is 0 Å². The molecule has 328 valence electrons. The van der Waals surface area contributed by atoms with Crippen molar-refractivity contribution in [2.24, 2.45) is 5.92 Å². The van der Waals surface area contributed by atoms with Gasteiger partial charge >= 0.3 is 24.8 Å². The van der Waals surface area contributed by atoms with Crippen molar-refractivity contribution in [2.45, 2.75) is 89.8 Å². The smallest absolute Gasteiger partial charge is 0.412 e. The Kier molecular flexibility index (Phi) is 16.5. The van der Waals surface area contributed by atoms with Gasteiger partial charge in [-0.05, 0) is 74.9 Å². The lowest BCUT2D eigenvalue weighted by molar-refractivity contribution is -1.00. The Labute approximate surface area is 343 Å². The lowest BCUT2D eigenvalue weighted by Gasteiger charge is -2.40. The van der Waals surface area contributed by atoms with Gasteiger partial charge in [-0.25, -0.2) is 22.8 Å². The molecule has 13 nitrogen and oxygen atoms in total. The summed E-state index contributed by atoms with van der Waals surface area (Å²) in [6.45, 7) is 10.4. The normalized spacial score (nSPS) is 18.1. The number of nitrogens with zero attached hydrogens (tertiary/aromatic N) is 1. The van der Waals surface area contributed by atoms with Gasteiger partial charge in [0.15, 0.2) is 11.8 Å². The van der Waals surface area contributed by atoms with Gasteiger partial charge in [-0.3, -0.25) is 14.7 Å². The van der Waals surface area contributed by atoms with Crippen LogP contribution in [0.15, 0.2) is 73.3 Å². The van der Waals surface area contributed by atoms with Crippen LogP contribution in [0.25, 0.3) is 0 Å². The Morgan fingerprint density at radius 3 is 2.12 bits per heavy atom. The molecule has 19 heteroatoms. The summed E-state index contributed by atoms with van der Waals surface area (Å²) in [6.07, 6.45) is -7.19. The number of anilines is 1. The second-order valence-electron chi connectivity index (χ2n) is 15.6. The average Bonchev–Trinajstić information content (AvgIpc) is 3.16. The molecule has 0 spiro atoms. The molecule has 0 saturated carbocycles. The summed E-state index contributed by atoms with van der Waals surface area (Å²) in [6, 6.07) is 7.82. The maximum absolute atomic E-state index is 15.6. The molecule has 60 heavy (non-hydrogen) atoms. The second kappa shape index (κ2) is 20.8. The first-order valence-electron chi connectivity index (χ1n) is 19.0. The molecule has 1 saturated heterocycles. The number of quaternary nitrogens is 1. The molecule has 1 aliphatic rings. The van der Waals surface area contributed by atoms with Crippen LogP contribution >= 0.6 is 0 Å². The monoisotopic (exact) mass is 854 g/mol. The number of alkyl halides is 3. The van der Waals surface area contributed by atoms with Crippen LogP contribution < -0.4 is 20.9 Å². The highest BCUT2D eigenvalue weighted by atomic mass is 19.4. The second-order valence-corrected chi connectivity index (χ2v) is 15.6. The highest BCUT2D eigenvalue weighted by Gasteiger charge is 2.42. The molecule has 3 aromatic rings. The number of aliphatic hydroxyl groups excluding tert-OH is 1. The number of alkyl carbamates (subject to hydrolysis) is 2. The van der Waals surface area contributed by atoms with E-state index in [0.29, 0.717) is 11.1 Å². The molecule has 0 aliphatic carbocycles. The van der Waals surface area contributed by atoms with Gasteiger partial charge < -0.3 is 40.0 Å². The molecule has 1 fully saturated rings. The third-order valence-corrected chi connectivity index (χ3v) is 9.11. The Morgan fingerprint density at radius 2 is 1.57 bits per heavy atom. The standard InChI is InChI=1S/C41H49F6N5O8/c1-23(2)20-58-38(55)51-35(34(25-7-11-27(42)12-8-25)26-9-13-28(43)14-10-26)36(53)50-32-18-48-17-31(44)30(32)16-15-29-19-52(39(56)60-40(4,5)6)33(21-57-29)24(3)59-37(54)49-22-41(45,46)47/h7-14,17-18,23,29,33-35,39,56H,3,15-16,19-22H2,1-2,4-6H3,(H,49,54)(H,50,53)(H,51,55)/p+1. The van der Waals surface area contributed by atoms with E-state index < -0.39 is 84.4 Å². The number of rotatable bonds is 16. The van der Waals surface area contributed by atoms with Crippen molar-refractivity contribution >= 4 is 23.8 Å². The van der Waals surface area contributed by atoms with E-state index in [4.69, 9.17) is 18.9 Å². The van der Waals surface area contributed by atoms with Crippen LogP contribution in [0.1, 0.15) is 63.6 Å². The van der Waals surface area contributed by atoms with E-state index in [1.807, 2.05) is 13.8 Å². The number of aliphatic hydroxyl groups is 1. The number of carbonyl (C=O) groups excluding carboxylic acids is 3. The molecule has 5 N–H and O–H groups in total. The zero-order valence-corrected chi connectivity index (χ0v) is 33.7. The first-order valence-corrected chi connectivity index (χ1v) is 19.0. The first-order chi connectivity index (χ1) is 28.1. The Hall–Kier alpha value is -5.24. The average molecular weight is 855 g/mol. The number of hydrogen-bond donors (Lipinski definition) is 5. The molecule has 4 rings (SSSR count). The van der Waals surface area contributed by atoms with E-state index in [-0.39, 0.29) is 60.4 Å². The topological polar surface area (TPSA) is 162 Å². The molecule has 2 heterocycles. The van der Waals surface area contributed by atoms with Crippen molar-refractivity contribution < 1.29 is 69.7 Å². The van der Waals surface area contributed by atoms with Crippen molar-refractivity contribution in [3.8, 4) is 0 Å². The number of hydrogen-bond acceptors (Lipinski definition) is 9. The molecular formula is C41H50F6N5O8+. The fourth-order valence-corrected chi connectivity index (χ4v) is 6.34. The number of aromatic nitrogens is 1. The number of pyridine rings is 1. The fourth-order valence-electron chi connectivity index (χ4n) is 6.34. The van der Waals surface area contributed by atoms with Gasteiger partial charge in [0.25, 0.3) is 0 Å². The van der Waals surface area contributed by atoms with Crippen molar-refractivity contribution in [1.82, 2.24) is 15.6 Å². The number of halogens is 6. The molecule has 3 amide bonds. The summed E-state index contributed by atoms with van der Waals surface area (Å²) in [5.74, 6) is -4.18. The third kappa shape index (κ3) is 14.5. The van der Waals surface area contributed by atoms with Crippen LogP contribution in [0.3, 0.4) is 0 Å². The number of benzene rings is 2. The summed E-state index contributed by atoms with van der Waals surface area (Å²) >= 11 is 0. The Bertz CT molecular complexity index is 1880. The predicted octanol–water partition coefficient (Wildman–Crippen LogP) is 5.50. The molecule has 2 aromatic carbocycles. The van der Waals surface area contributed by atoms with Gasteiger partial charge in [-0.1, -0.05) is 44.7 Å². The van der Waals surface area contributed by atoms with Crippen LogP contribution in [0, 0.1) is 23.4 Å². The van der Waals surface area contributed by atoms with Gasteiger partial charge in [0.2, 0.25) is 5.91 Å². The van der Waals surface area contributed by atoms with Crippen LogP contribution in [-0.2, 0) is 30.2 Å². The van der Waals surface area contributed by atoms with E-state index >= 15 is 4.39 Å². The Balaban J connectivity index is 1.59. The number of ether oxygens (including phenoxy) is 4. The predicted molar refractivity (Wildman–Crippen MR) is 205 cm³/mol. The summed E-state index contributed by atoms with van der Waals surface area (Å²) in [5, 5.41) is 17.9. The number of morpholine rings is 1. The molecule has 0 radical (unpaired) electrons. The van der Waals surface area contributed by atoms with Gasteiger partial charge in [-0.2, -0.15) is 13.2 Å². The van der Waals surface area contributed by atoms with Gasteiger partial charge in [0.05, 0.1) is 30.3 Å². The van der Waals surface area contributed by atoms with Crippen molar-refractivity contribution in [3.05, 3.63) is 107 Å². The van der Waals surface area contributed by atoms with E-state index in [0.717, 1.165) is 30.5 Å². The van der Waals surface area contributed by atoms with Gasteiger partial charge in [0.1, 0.15) is 49.3 Å². The number of carbonyl (C=O) groups is 3. The highest BCUT2D eigenvalue weighted by molar-refractivity contribution is 5.98. The van der Waals surface area contributed by atoms with Crippen molar-refractivity contribution in [1.29, 1.82) is 0 Å². The summed E-state index contributed by atoms with van der Waals surface area (Å²) in [5.41, 5.74) is -0.198. The zero-order valence-electron chi connectivity index (χ0n) is 33.7. The highest BCUT2D eigenvalue weighted by Crippen LogP contribution is 2.31. The van der Waals surface area contributed by atoms with E-state index in [1.54, 1.807) is 26.1 Å². The largest absolute Gasteiger partial charge is 0.449 e. The maximum atomic E-state index is 15.6. The quantitative estimate of drug-likeness (QED) is 0.0713. The summed E-state index contributed by atoms with van der Waals surface area (Å²) in [7, 11) is 0. The minimum absolute atomic E-state index is 0.00700. The summed E-state index contributed by atoms with van der Waals surface area (Å²) < 4.78 is 104. The molecular weight excluding hydrogens is 804 g/mol. The minimum atomic E-state index is -4.69. The Morgan fingerprint density at radius 1 is 0.967 bits per heavy atom. The minimum Gasteiger partial charge on any atom is -0.449 e. The number of nitrogens with one attached hydrogen (secondary N) is 4. The van der Waals surface area contributed by atoms with Crippen molar-refractivity contribution in [3.63, 3.8) is 0 Å². The third-order valence-electron chi connectivity index (χ3n) is 9.11. The molecule has 1 aromatic heterocycles. The zero-order chi connectivity index (χ0) is 44.4. The molecule has 1 aliphatic heterocycles. The van der Waals surface area contributed by atoms with Crippen molar-refractivity contribution in [2.75, 3.05) is 31.6 Å². The van der Waals surface area contributed by atoms with Crippen LogP contribution in [-0.4, -0.2) is 90.9 Å². The SMILES string of the molecule is C=C(OC(=O)NCC(F)(F)F)C1COC(CCc2c(F)cncc2NC(=O)C(NC(=O)OCC(C)C)C(c2ccc(F)cc2)c2ccc(F)cc2)C[NH+]1C(O)OC(C)(C)C. The number of amides is 3. The maximum Gasteiger partial charge on any atom is 0.412 e.